The van der Waals surface area contributed by atoms with Crippen molar-refractivity contribution in [2.24, 2.45) is 11.3 Å². The van der Waals surface area contributed by atoms with E-state index in [0.717, 1.165) is 12.8 Å². The van der Waals surface area contributed by atoms with Crippen molar-refractivity contribution >= 4 is 5.78 Å². The fraction of sp³-hybridized carbons (Fsp3) is 0.909. The summed E-state index contributed by atoms with van der Waals surface area (Å²) in [4.78, 5) is 11.9. The van der Waals surface area contributed by atoms with Crippen molar-refractivity contribution in [3.8, 4) is 0 Å². The Morgan fingerprint density at radius 3 is 2.31 bits per heavy atom. The fourth-order valence-electron chi connectivity index (χ4n) is 1.43. The minimum absolute atomic E-state index is 0.134. The molecule has 76 valence electrons. The summed E-state index contributed by atoms with van der Waals surface area (Å²) in [6.45, 7) is 8.48. The molecular weight excluding hydrogens is 164 g/mol. The summed E-state index contributed by atoms with van der Waals surface area (Å²) < 4.78 is 5.50. The Bertz CT molecular complexity index is 187. The number of carbonyl (C=O) groups excluding carboxylic acids is 1. The summed E-state index contributed by atoms with van der Waals surface area (Å²) in [6, 6.07) is 0. The molecule has 0 aliphatic heterocycles. The molecule has 1 atom stereocenters. The van der Waals surface area contributed by atoms with Crippen LogP contribution in [0.15, 0.2) is 0 Å². The Kier molecular flexibility index (Phi) is 3.12. The van der Waals surface area contributed by atoms with Crippen LogP contribution in [-0.2, 0) is 9.53 Å². The molecule has 2 nitrogen and oxygen atoms in total. The standard InChI is InChI=1S/C11H20O2/c1-5-13-9(8-6-7-8)10(12)11(2,3)4/h8-9H,5-7H2,1-4H3. The maximum atomic E-state index is 11.9. The maximum Gasteiger partial charge on any atom is 0.167 e. The Morgan fingerprint density at radius 2 is 2.00 bits per heavy atom. The van der Waals surface area contributed by atoms with E-state index in [9.17, 15) is 4.79 Å². The van der Waals surface area contributed by atoms with E-state index < -0.39 is 0 Å². The predicted octanol–water partition coefficient (Wildman–Crippen LogP) is 2.42. The lowest BCUT2D eigenvalue weighted by Crippen LogP contribution is -2.36. The molecule has 1 aliphatic carbocycles. The number of rotatable bonds is 4. The van der Waals surface area contributed by atoms with E-state index in [1.807, 2.05) is 27.7 Å². The van der Waals surface area contributed by atoms with Crippen LogP contribution in [-0.4, -0.2) is 18.5 Å². The molecule has 1 unspecified atom stereocenters. The molecule has 2 heteroatoms. The molecule has 1 saturated carbocycles. The predicted molar refractivity (Wildman–Crippen MR) is 52.6 cm³/mol. The number of hydrogen-bond donors (Lipinski definition) is 0. The number of ketones is 1. The first-order chi connectivity index (χ1) is 5.96. The van der Waals surface area contributed by atoms with Gasteiger partial charge in [-0.25, -0.2) is 0 Å². The van der Waals surface area contributed by atoms with Crippen molar-refractivity contribution in [2.75, 3.05) is 6.61 Å². The van der Waals surface area contributed by atoms with Crippen LogP contribution in [0.1, 0.15) is 40.5 Å². The van der Waals surface area contributed by atoms with E-state index in [1.54, 1.807) is 0 Å². The molecule has 0 aromatic heterocycles. The second kappa shape index (κ2) is 3.79. The van der Waals surface area contributed by atoms with Gasteiger partial charge in [0, 0.05) is 12.0 Å². The van der Waals surface area contributed by atoms with Gasteiger partial charge in [-0.2, -0.15) is 0 Å². The topological polar surface area (TPSA) is 26.3 Å². The number of Topliss-reactive ketones (excluding diaryl/α,β-unsaturated/α-hetero) is 1. The summed E-state index contributed by atoms with van der Waals surface area (Å²) in [5.41, 5.74) is -0.261. The third-order valence-electron chi connectivity index (χ3n) is 2.39. The van der Waals surface area contributed by atoms with Crippen LogP contribution in [0, 0.1) is 11.3 Å². The molecule has 0 bridgehead atoms. The van der Waals surface area contributed by atoms with Crippen molar-refractivity contribution in [3.05, 3.63) is 0 Å². The highest BCUT2D eigenvalue weighted by Gasteiger charge is 2.40. The zero-order chi connectivity index (χ0) is 10.1. The molecule has 1 aliphatic rings. The summed E-state index contributed by atoms with van der Waals surface area (Å²) >= 11 is 0. The smallest absolute Gasteiger partial charge is 0.167 e. The summed E-state index contributed by atoms with van der Waals surface area (Å²) in [6.07, 6.45) is 2.18. The van der Waals surface area contributed by atoms with Crippen LogP contribution in [0.3, 0.4) is 0 Å². The minimum atomic E-state index is -0.261. The molecule has 1 rings (SSSR count). The van der Waals surface area contributed by atoms with Crippen LogP contribution >= 0.6 is 0 Å². The maximum absolute atomic E-state index is 11.9. The molecule has 0 aromatic carbocycles. The Balaban J connectivity index is 2.58. The van der Waals surface area contributed by atoms with Gasteiger partial charge < -0.3 is 4.74 Å². The Hall–Kier alpha value is -0.370. The normalized spacial score (nSPS) is 20.0. The van der Waals surface area contributed by atoms with Gasteiger partial charge in [0.15, 0.2) is 5.78 Å². The molecule has 0 spiro atoms. The van der Waals surface area contributed by atoms with Crippen molar-refractivity contribution in [1.82, 2.24) is 0 Å². The van der Waals surface area contributed by atoms with Crippen LogP contribution in [0.25, 0.3) is 0 Å². The lowest BCUT2D eigenvalue weighted by molar-refractivity contribution is -0.139. The molecule has 0 aromatic rings. The molecule has 1 fully saturated rings. The number of carbonyl (C=O) groups is 1. The quantitative estimate of drug-likeness (QED) is 0.670. The highest BCUT2D eigenvalue weighted by atomic mass is 16.5. The highest BCUT2D eigenvalue weighted by molar-refractivity contribution is 5.88. The van der Waals surface area contributed by atoms with E-state index in [-0.39, 0.29) is 17.3 Å². The second-order valence-corrected chi connectivity index (χ2v) is 4.83. The molecule has 0 N–H and O–H groups in total. The van der Waals surface area contributed by atoms with Gasteiger partial charge in [0.2, 0.25) is 0 Å². The molecule has 0 saturated heterocycles. The van der Waals surface area contributed by atoms with Gasteiger partial charge in [-0.3, -0.25) is 4.79 Å². The first kappa shape index (κ1) is 10.7. The molecule has 0 amide bonds. The lowest BCUT2D eigenvalue weighted by Gasteiger charge is -2.24. The van der Waals surface area contributed by atoms with Crippen molar-refractivity contribution in [3.63, 3.8) is 0 Å². The van der Waals surface area contributed by atoms with Gasteiger partial charge in [0.05, 0.1) is 0 Å². The van der Waals surface area contributed by atoms with Crippen LogP contribution in [0.2, 0.25) is 0 Å². The number of hydrogen-bond acceptors (Lipinski definition) is 2. The minimum Gasteiger partial charge on any atom is -0.370 e. The first-order valence-electron chi connectivity index (χ1n) is 5.12. The van der Waals surface area contributed by atoms with Gasteiger partial charge in [-0.15, -0.1) is 0 Å². The van der Waals surface area contributed by atoms with Crippen molar-refractivity contribution in [1.29, 1.82) is 0 Å². The molecule has 0 heterocycles. The zero-order valence-electron chi connectivity index (χ0n) is 9.09. The fourth-order valence-corrected chi connectivity index (χ4v) is 1.43. The monoisotopic (exact) mass is 184 g/mol. The summed E-state index contributed by atoms with van der Waals surface area (Å²) in [5, 5.41) is 0. The van der Waals surface area contributed by atoms with Gasteiger partial charge >= 0.3 is 0 Å². The first-order valence-corrected chi connectivity index (χ1v) is 5.12. The van der Waals surface area contributed by atoms with Gasteiger partial charge in [0.25, 0.3) is 0 Å². The van der Waals surface area contributed by atoms with Crippen molar-refractivity contribution < 1.29 is 9.53 Å². The average molecular weight is 184 g/mol. The Morgan fingerprint density at radius 1 is 1.46 bits per heavy atom. The molecular formula is C11H20O2. The highest BCUT2D eigenvalue weighted by Crippen LogP contribution is 2.37. The third-order valence-corrected chi connectivity index (χ3v) is 2.39. The van der Waals surface area contributed by atoms with Crippen molar-refractivity contribution in [2.45, 2.75) is 46.6 Å². The van der Waals surface area contributed by atoms with E-state index >= 15 is 0 Å². The average Bonchev–Trinajstić information content (AvgIpc) is 2.79. The van der Waals surface area contributed by atoms with E-state index in [4.69, 9.17) is 4.74 Å². The lowest BCUT2D eigenvalue weighted by atomic mass is 9.86. The van der Waals surface area contributed by atoms with E-state index in [1.165, 1.54) is 0 Å². The zero-order valence-corrected chi connectivity index (χ0v) is 9.09. The van der Waals surface area contributed by atoms with Gasteiger partial charge in [0.1, 0.15) is 6.10 Å². The summed E-state index contributed by atoms with van der Waals surface area (Å²) in [5.74, 6) is 0.767. The number of ether oxygens (including phenoxy) is 1. The van der Waals surface area contributed by atoms with E-state index in [2.05, 4.69) is 0 Å². The summed E-state index contributed by atoms with van der Waals surface area (Å²) in [7, 11) is 0. The van der Waals surface area contributed by atoms with Crippen LogP contribution in [0.5, 0.6) is 0 Å². The van der Waals surface area contributed by atoms with Gasteiger partial charge in [-0.1, -0.05) is 20.8 Å². The third kappa shape index (κ3) is 2.80. The van der Waals surface area contributed by atoms with Gasteiger partial charge in [-0.05, 0) is 25.7 Å². The van der Waals surface area contributed by atoms with Crippen LogP contribution < -0.4 is 0 Å². The van der Waals surface area contributed by atoms with Crippen LogP contribution in [0.4, 0.5) is 0 Å². The van der Waals surface area contributed by atoms with E-state index in [0.29, 0.717) is 12.5 Å². The largest absolute Gasteiger partial charge is 0.370 e. The Labute approximate surface area is 80.7 Å². The SMILES string of the molecule is CCOC(C(=O)C(C)(C)C)C1CC1. The molecule has 13 heavy (non-hydrogen) atoms. The second-order valence-electron chi connectivity index (χ2n) is 4.83. The molecule has 0 radical (unpaired) electrons.